The van der Waals surface area contributed by atoms with E-state index in [4.69, 9.17) is 9.88 Å². The van der Waals surface area contributed by atoms with E-state index in [1.54, 1.807) is 17.0 Å². The molecule has 1 aliphatic carbocycles. The molecule has 2 aromatic rings. The average molecular weight is 440 g/mol. The summed E-state index contributed by atoms with van der Waals surface area (Å²) in [7, 11) is -2.58. The van der Waals surface area contributed by atoms with Crippen LogP contribution in [0.3, 0.4) is 0 Å². The number of ether oxygens (including phenoxy) is 1. The van der Waals surface area contributed by atoms with Crippen LogP contribution >= 0.6 is 0 Å². The Morgan fingerprint density at radius 1 is 1.38 bits per heavy atom. The lowest BCUT2D eigenvalue weighted by molar-refractivity contribution is 0.0895. The zero-order valence-corrected chi connectivity index (χ0v) is 20.0. The van der Waals surface area contributed by atoms with Gasteiger partial charge >= 0.3 is 0 Å². The molecule has 162 valence electrons. The van der Waals surface area contributed by atoms with E-state index in [-0.39, 0.29) is 11.7 Å². The van der Waals surface area contributed by atoms with Crippen LogP contribution in [0.5, 0.6) is 0 Å². The summed E-state index contributed by atoms with van der Waals surface area (Å²) in [5.41, 5.74) is 2.06. The molecule has 0 bridgehead atoms. The van der Waals surface area contributed by atoms with Crippen molar-refractivity contribution in [2.24, 2.45) is 11.1 Å². The number of rotatable bonds is 10. The quantitative estimate of drug-likeness (QED) is 0.428. The molecular weight excluding hydrogens is 405 g/mol. The summed E-state index contributed by atoms with van der Waals surface area (Å²) in [6.07, 6.45) is 4.57. The summed E-state index contributed by atoms with van der Waals surface area (Å²) in [5.74, 6) is 0.373. The third kappa shape index (κ3) is 5.74. The molecular formula is C21H34FN3O2SSi. The number of fused-ring (bicyclic) bond motifs is 1. The minimum Gasteiger partial charge on any atom is -0.361 e. The molecule has 0 radical (unpaired) electrons. The summed E-state index contributed by atoms with van der Waals surface area (Å²) in [5, 5.41) is 5.70. The van der Waals surface area contributed by atoms with E-state index in [0.717, 1.165) is 24.4 Å². The standard InChI is InChI=1S/C21H34FN3O2SSi/c1-21(2,28(23)26)12-17(15-6-7-15)16-10-18(22)20-19(11-16)24-13-25(20)14-27-8-9-29(3,4)5/h10-11,13,15,17H,6-9,12,14,23H2,1-5H3/t17-,28?/m1/s1. The van der Waals surface area contributed by atoms with Gasteiger partial charge in [0.15, 0.2) is 0 Å². The maximum absolute atomic E-state index is 15.1. The van der Waals surface area contributed by atoms with E-state index in [2.05, 4.69) is 24.6 Å². The molecule has 1 unspecified atom stereocenters. The molecule has 0 amide bonds. The Morgan fingerprint density at radius 3 is 2.66 bits per heavy atom. The van der Waals surface area contributed by atoms with E-state index in [9.17, 15) is 4.21 Å². The molecule has 8 heteroatoms. The van der Waals surface area contributed by atoms with Crippen molar-refractivity contribution in [2.45, 2.75) is 76.2 Å². The van der Waals surface area contributed by atoms with Crippen molar-refractivity contribution in [3.8, 4) is 0 Å². The second-order valence-corrected chi connectivity index (χ2v) is 17.5. The number of imidazole rings is 1. The number of halogens is 1. The second-order valence-electron chi connectivity index (χ2n) is 10.1. The molecule has 0 saturated heterocycles. The van der Waals surface area contributed by atoms with Crippen LogP contribution in [0, 0.1) is 11.7 Å². The molecule has 2 atom stereocenters. The fourth-order valence-corrected chi connectivity index (χ4v) is 4.80. The van der Waals surface area contributed by atoms with Gasteiger partial charge in [0.05, 0.1) is 27.6 Å². The fourth-order valence-electron chi connectivity index (χ4n) is 3.70. The van der Waals surface area contributed by atoms with Crippen molar-refractivity contribution in [3.63, 3.8) is 0 Å². The number of aromatic nitrogens is 2. The van der Waals surface area contributed by atoms with Crippen LogP contribution in [-0.2, 0) is 22.5 Å². The molecule has 0 spiro atoms. The minimum atomic E-state index is -1.43. The smallest absolute Gasteiger partial charge is 0.149 e. The Kier molecular flexibility index (Phi) is 6.67. The molecule has 1 fully saturated rings. The fraction of sp³-hybridized carbons (Fsp3) is 0.667. The lowest BCUT2D eigenvalue weighted by Crippen LogP contribution is -2.34. The Hall–Kier alpha value is -1.09. The molecule has 1 saturated carbocycles. The number of hydrogen-bond acceptors (Lipinski definition) is 3. The molecule has 0 aliphatic heterocycles. The van der Waals surface area contributed by atoms with Gasteiger partial charge in [0.25, 0.3) is 0 Å². The third-order valence-corrected chi connectivity index (χ3v) is 8.75. The Balaban J connectivity index is 1.80. The van der Waals surface area contributed by atoms with E-state index in [1.807, 2.05) is 19.9 Å². The molecule has 1 aromatic carbocycles. The molecule has 1 aliphatic rings. The average Bonchev–Trinajstić information content (AvgIpc) is 3.36. The van der Waals surface area contributed by atoms with Gasteiger partial charge in [-0.2, -0.15) is 0 Å². The third-order valence-electron chi connectivity index (χ3n) is 5.79. The van der Waals surface area contributed by atoms with Gasteiger partial charge in [-0.25, -0.2) is 13.6 Å². The molecule has 1 aromatic heterocycles. The van der Waals surface area contributed by atoms with Crippen LogP contribution in [0.4, 0.5) is 4.39 Å². The van der Waals surface area contributed by atoms with Crippen molar-refractivity contribution in [2.75, 3.05) is 6.61 Å². The van der Waals surface area contributed by atoms with Gasteiger partial charge < -0.3 is 9.30 Å². The van der Waals surface area contributed by atoms with E-state index >= 15 is 4.39 Å². The highest BCUT2D eigenvalue weighted by molar-refractivity contribution is 7.84. The van der Waals surface area contributed by atoms with Crippen molar-refractivity contribution < 1.29 is 13.3 Å². The summed E-state index contributed by atoms with van der Waals surface area (Å²) < 4.78 is 34.0. The van der Waals surface area contributed by atoms with Gasteiger partial charge in [0.1, 0.15) is 18.1 Å². The van der Waals surface area contributed by atoms with Gasteiger partial charge in [-0.1, -0.05) is 19.6 Å². The van der Waals surface area contributed by atoms with Crippen molar-refractivity contribution in [3.05, 3.63) is 29.8 Å². The van der Waals surface area contributed by atoms with Crippen molar-refractivity contribution in [1.29, 1.82) is 0 Å². The highest BCUT2D eigenvalue weighted by Crippen LogP contribution is 2.47. The SMILES string of the molecule is CC(C)(C[C@@H](c1cc(F)c2c(c1)ncn2COCC[Si](C)(C)C)C1CC1)S(N)=O. The molecule has 3 rings (SSSR count). The van der Waals surface area contributed by atoms with Gasteiger partial charge in [-0.05, 0) is 68.7 Å². The van der Waals surface area contributed by atoms with Crippen LogP contribution in [0.2, 0.25) is 25.7 Å². The maximum atomic E-state index is 15.1. The maximum Gasteiger partial charge on any atom is 0.149 e. The van der Waals surface area contributed by atoms with E-state index in [1.165, 1.54) is 0 Å². The molecule has 1 heterocycles. The lowest BCUT2D eigenvalue weighted by atomic mass is 9.86. The first-order valence-corrected chi connectivity index (χ1v) is 15.3. The predicted molar refractivity (Wildman–Crippen MR) is 120 cm³/mol. The van der Waals surface area contributed by atoms with Crippen LogP contribution in [0.15, 0.2) is 18.5 Å². The van der Waals surface area contributed by atoms with Crippen molar-refractivity contribution in [1.82, 2.24) is 9.55 Å². The second kappa shape index (κ2) is 8.57. The Bertz CT molecular complexity index is 890. The zero-order valence-electron chi connectivity index (χ0n) is 18.2. The van der Waals surface area contributed by atoms with Crippen LogP contribution < -0.4 is 5.14 Å². The van der Waals surface area contributed by atoms with E-state index in [0.29, 0.717) is 36.7 Å². The highest BCUT2D eigenvalue weighted by Gasteiger charge is 2.38. The summed E-state index contributed by atoms with van der Waals surface area (Å²) in [6.45, 7) is 11.7. The van der Waals surface area contributed by atoms with Crippen LogP contribution in [0.1, 0.15) is 44.6 Å². The number of benzene rings is 1. The number of hydrogen-bond donors (Lipinski definition) is 1. The van der Waals surface area contributed by atoms with Crippen LogP contribution in [0.25, 0.3) is 11.0 Å². The normalized spacial score (nSPS) is 17.6. The predicted octanol–water partition coefficient (Wildman–Crippen LogP) is 4.77. The Morgan fingerprint density at radius 2 is 2.07 bits per heavy atom. The van der Waals surface area contributed by atoms with Crippen molar-refractivity contribution >= 4 is 30.1 Å². The lowest BCUT2D eigenvalue weighted by Gasteiger charge is -2.28. The van der Waals surface area contributed by atoms with Gasteiger partial charge in [-0.15, -0.1) is 0 Å². The summed E-state index contributed by atoms with van der Waals surface area (Å²) >= 11 is 0. The summed E-state index contributed by atoms with van der Waals surface area (Å²) in [6, 6.07) is 4.68. The zero-order chi connectivity index (χ0) is 21.4. The number of nitrogens with zero attached hydrogens (tertiary/aromatic N) is 2. The van der Waals surface area contributed by atoms with E-state index < -0.39 is 23.8 Å². The topological polar surface area (TPSA) is 70.1 Å². The largest absolute Gasteiger partial charge is 0.361 e. The van der Waals surface area contributed by atoms with Gasteiger partial charge in [-0.3, -0.25) is 5.14 Å². The highest BCUT2D eigenvalue weighted by atomic mass is 32.2. The first kappa shape index (κ1) is 22.6. The monoisotopic (exact) mass is 439 g/mol. The first-order chi connectivity index (χ1) is 13.5. The first-order valence-electron chi connectivity index (χ1n) is 10.4. The van der Waals surface area contributed by atoms with Gasteiger partial charge in [0.2, 0.25) is 0 Å². The number of nitrogens with two attached hydrogens (primary N) is 1. The van der Waals surface area contributed by atoms with Gasteiger partial charge in [0, 0.05) is 14.7 Å². The molecule has 5 nitrogen and oxygen atoms in total. The minimum absolute atomic E-state index is 0.148. The Labute approximate surface area is 176 Å². The molecule has 2 N–H and O–H groups in total. The van der Waals surface area contributed by atoms with Crippen LogP contribution in [-0.4, -0.2) is 33.2 Å². The molecule has 29 heavy (non-hydrogen) atoms. The summed E-state index contributed by atoms with van der Waals surface area (Å²) in [4.78, 5) is 4.43.